The van der Waals surface area contributed by atoms with Gasteiger partial charge < -0.3 is 24.5 Å². The number of fused-ring (bicyclic) bond motifs is 1. The Hall–Kier alpha value is -2.68. The monoisotopic (exact) mass is 543 g/mol. The number of anilines is 1. The van der Waals surface area contributed by atoms with Gasteiger partial charge in [-0.05, 0) is 49.9 Å². The zero-order valence-electron chi connectivity index (χ0n) is 22.4. The van der Waals surface area contributed by atoms with Crippen molar-refractivity contribution < 1.29 is 24.2 Å². The molecule has 3 heterocycles. The van der Waals surface area contributed by atoms with Crippen molar-refractivity contribution in [3.8, 4) is 0 Å². The molecular formula is C29H38ClN3O5. The Morgan fingerprint density at radius 3 is 2.45 bits per heavy atom. The van der Waals surface area contributed by atoms with E-state index in [0.717, 1.165) is 6.42 Å². The molecule has 3 unspecified atom stereocenters. The summed E-state index contributed by atoms with van der Waals surface area (Å²) in [5.74, 6) is -2.45. The highest BCUT2D eigenvalue weighted by molar-refractivity contribution is 6.30. The first kappa shape index (κ1) is 28.3. The van der Waals surface area contributed by atoms with Crippen LogP contribution in [0.15, 0.2) is 49.6 Å². The van der Waals surface area contributed by atoms with Crippen molar-refractivity contribution >= 4 is 35.0 Å². The Morgan fingerprint density at radius 2 is 1.87 bits per heavy atom. The number of hydrogen-bond donors (Lipinski definition) is 1. The minimum Gasteiger partial charge on any atom is -0.395 e. The summed E-state index contributed by atoms with van der Waals surface area (Å²) < 4.78 is 6.78. The highest BCUT2D eigenvalue weighted by Crippen LogP contribution is 2.65. The smallest absolute Gasteiger partial charge is 0.253 e. The molecule has 1 spiro atoms. The van der Waals surface area contributed by atoms with Gasteiger partial charge in [-0.2, -0.15) is 0 Å². The van der Waals surface area contributed by atoms with Gasteiger partial charge in [0.15, 0.2) is 0 Å². The molecule has 6 atom stereocenters. The summed E-state index contributed by atoms with van der Waals surface area (Å²) in [7, 11) is 0. The van der Waals surface area contributed by atoms with E-state index in [1.165, 1.54) is 4.90 Å². The van der Waals surface area contributed by atoms with Crippen LogP contribution >= 0.6 is 11.6 Å². The fourth-order valence-electron chi connectivity index (χ4n) is 6.88. The van der Waals surface area contributed by atoms with Gasteiger partial charge in [0, 0.05) is 36.9 Å². The molecule has 38 heavy (non-hydrogen) atoms. The minimum atomic E-state index is -1.18. The second-order valence-electron chi connectivity index (χ2n) is 10.7. The molecule has 0 aromatic heterocycles. The molecule has 3 amide bonds. The molecule has 1 aromatic carbocycles. The molecule has 3 aliphatic heterocycles. The fraction of sp³-hybridized carbons (Fsp3) is 0.552. The fourth-order valence-corrected chi connectivity index (χ4v) is 7.00. The van der Waals surface area contributed by atoms with E-state index in [2.05, 4.69) is 13.2 Å². The Bertz CT molecular complexity index is 1110. The number of likely N-dealkylation sites (tertiary alicyclic amines) is 1. The number of aliphatic hydroxyl groups is 1. The van der Waals surface area contributed by atoms with Gasteiger partial charge in [-0.3, -0.25) is 14.4 Å². The number of rotatable bonds is 11. The average molecular weight is 544 g/mol. The zero-order chi connectivity index (χ0) is 27.8. The van der Waals surface area contributed by atoms with Crippen molar-refractivity contribution in [2.75, 3.05) is 37.7 Å². The predicted octanol–water partition coefficient (Wildman–Crippen LogP) is 3.29. The van der Waals surface area contributed by atoms with Gasteiger partial charge in [0.2, 0.25) is 11.8 Å². The van der Waals surface area contributed by atoms with E-state index >= 15 is 0 Å². The van der Waals surface area contributed by atoms with Crippen LogP contribution < -0.4 is 4.90 Å². The lowest BCUT2D eigenvalue weighted by atomic mass is 9.62. The summed E-state index contributed by atoms with van der Waals surface area (Å²) >= 11 is 6.09. The average Bonchev–Trinajstić information content (AvgIpc) is 3.39. The molecule has 3 fully saturated rings. The third-order valence-corrected chi connectivity index (χ3v) is 8.78. The number of nitrogens with zero attached hydrogens (tertiary/aromatic N) is 3. The third kappa shape index (κ3) is 4.27. The van der Waals surface area contributed by atoms with Crippen molar-refractivity contribution in [2.24, 2.45) is 17.8 Å². The number of β-amino-alcohol motifs (C(OH)–C–C–N with tert-alkyl or cyclic N) is 1. The van der Waals surface area contributed by atoms with E-state index in [1.54, 1.807) is 46.2 Å². The van der Waals surface area contributed by atoms with Crippen LogP contribution in [-0.2, 0) is 19.1 Å². The van der Waals surface area contributed by atoms with Crippen molar-refractivity contribution in [2.45, 2.75) is 50.9 Å². The Balaban J connectivity index is 1.81. The van der Waals surface area contributed by atoms with E-state index in [0.29, 0.717) is 30.2 Å². The van der Waals surface area contributed by atoms with Gasteiger partial charge >= 0.3 is 0 Å². The van der Waals surface area contributed by atoms with Crippen molar-refractivity contribution in [3.05, 3.63) is 54.6 Å². The third-order valence-electron chi connectivity index (χ3n) is 8.53. The molecule has 0 radical (unpaired) electrons. The van der Waals surface area contributed by atoms with E-state index in [-0.39, 0.29) is 43.3 Å². The number of ether oxygens (including phenoxy) is 1. The highest BCUT2D eigenvalue weighted by Gasteiger charge is 2.80. The van der Waals surface area contributed by atoms with Gasteiger partial charge in [-0.15, -0.1) is 13.2 Å². The first-order valence-electron chi connectivity index (χ1n) is 13.3. The summed E-state index contributed by atoms with van der Waals surface area (Å²) in [5, 5.41) is 10.4. The van der Waals surface area contributed by atoms with Crippen LogP contribution in [-0.4, -0.2) is 82.7 Å². The van der Waals surface area contributed by atoms with E-state index in [9.17, 15) is 19.5 Å². The van der Waals surface area contributed by atoms with Crippen LogP contribution in [0, 0.1) is 17.8 Å². The maximum Gasteiger partial charge on any atom is 0.253 e. The van der Waals surface area contributed by atoms with Crippen molar-refractivity contribution in [1.82, 2.24) is 9.80 Å². The minimum absolute atomic E-state index is 0.0310. The molecule has 1 aromatic rings. The summed E-state index contributed by atoms with van der Waals surface area (Å²) in [4.78, 5) is 47.2. The number of halogens is 1. The second-order valence-corrected chi connectivity index (χ2v) is 11.2. The summed E-state index contributed by atoms with van der Waals surface area (Å²) in [6, 6.07) is 5.89. The van der Waals surface area contributed by atoms with E-state index in [4.69, 9.17) is 16.3 Å². The zero-order valence-corrected chi connectivity index (χ0v) is 23.2. The molecule has 4 rings (SSSR count). The number of amides is 3. The molecule has 1 N–H and O–H groups in total. The topological polar surface area (TPSA) is 90.4 Å². The van der Waals surface area contributed by atoms with Gasteiger partial charge in [-0.25, -0.2) is 0 Å². The first-order valence-corrected chi connectivity index (χ1v) is 13.7. The Labute approximate surface area is 229 Å². The maximum atomic E-state index is 14.4. The second kappa shape index (κ2) is 10.8. The van der Waals surface area contributed by atoms with Gasteiger partial charge in [0.25, 0.3) is 5.91 Å². The van der Waals surface area contributed by atoms with Crippen LogP contribution in [0.25, 0.3) is 0 Å². The van der Waals surface area contributed by atoms with Crippen LogP contribution in [0.2, 0.25) is 5.02 Å². The lowest BCUT2D eigenvalue weighted by Crippen LogP contribution is -2.57. The summed E-state index contributed by atoms with van der Waals surface area (Å²) in [6.45, 7) is 14.3. The number of aliphatic hydroxyl groups excluding tert-OH is 1. The lowest BCUT2D eigenvalue weighted by molar-refractivity contribution is -0.151. The maximum absolute atomic E-state index is 14.4. The molecular weight excluding hydrogens is 506 g/mol. The number of carbonyl (C=O) groups excluding carboxylic acids is 3. The molecule has 206 valence electrons. The van der Waals surface area contributed by atoms with Crippen LogP contribution in [0.1, 0.15) is 33.6 Å². The standard InChI is InChI=1S/C29H38ClN3O5/c1-6-13-31(14-7-2)25(35)22-23-26(36)33(16-17-34)24(29(23)18-19(4)28(22,5)38-29)27(37)32(15-8-3)21-11-9-20(30)10-12-21/h6,8-12,19,22-24,34H,1,3,7,13-18H2,2,4-5H3/t19?,22-,23-,24?,28+,29?/m0/s1. The molecule has 0 saturated carbocycles. The SMILES string of the molecule is C=CCN(CCC)C(=O)[C@@H]1[C@H]2C(=O)N(CCO)C(C(=O)N(CC=C)c3ccc(Cl)cc3)C23CC(C)[C@@]1(C)O3. The van der Waals surface area contributed by atoms with Crippen LogP contribution in [0.5, 0.6) is 0 Å². The van der Waals surface area contributed by atoms with Gasteiger partial charge in [-0.1, -0.05) is 37.6 Å². The molecule has 3 saturated heterocycles. The van der Waals surface area contributed by atoms with Crippen molar-refractivity contribution in [3.63, 3.8) is 0 Å². The van der Waals surface area contributed by atoms with Crippen LogP contribution in [0.4, 0.5) is 5.69 Å². The first-order chi connectivity index (χ1) is 18.1. The molecule has 8 nitrogen and oxygen atoms in total. The van der Waals surface area contributed by atoms with E-state index in [1.807, 2.05) is 20.8 Å². The predicted molar refractivity (Wildman–Crippen MR) is 147 cm³/mol. The normalized spacial score (nSPS) is 31.3. The Kier molecular flexibility index (Phi) is 8.07. The lowest BCUT2D eigenvalue weighted by Gasteiger charge is -2.39. The van der Waals surface area contributed by atoms with Gasteiger partial charge in [0.05, 0.1) is 24.0 Å². The quantitative estimate of drug-likeness (QED) is 0.433. The summed E-state index contributed by atoms with van der Waals surface area (Å²) in [5.41, 5.74) is -1.48. The molecule has 0 aliphatic carbocycles. The molecule has 2 bridgehead atoms. The van der Waals surface area contributed by atoms with Crippen LogP contribution in [0.3, 0.4) is 0 Å². The van der Waals surface area contributed by atoms with E-state index < -0.39 is 29.1 Å². The highest BCUT2D eigenvalue weighted by atomic mass is 35.5. The largest absolute Gasteiger partial charge is 0.395 e. The van der Waals surface area contributed by atoms with Crippen molar-refractivity contribution in [1.29, 1.82) is 0 Å². The number of benzene rings is 1. The molecule has 3 aliphatic rings. The van der Waals surface area contributed by atoms with Gasteiger partial charge in [0.1, 0.15) is 11.6 Å². The summed E-state index contributed by atoms with van der Waals surface area (Å²) in [6.07, 6.45) is 4.53. The number of hydrogen-bond acceptors (Lipinski definition) is 5. The molecule has 9 heteroatoms. The number of carbonyl (C=O) groups is 3. The Morgan fingerprint density at radius 1 is 1.21 bits per heavy atom.